The molecule has 1 heteroatoms. The highest BCUT2D eigenvalue weighted by Gasteiger charge is 2.50. The number of rotatable bonds is 1. The maximum absolute atomic E-state index is 3.64. The highest BCUT2D eigenvalue weighted by Crippen LogP contribution is 2.48. The zero-order chi connectivity index (χ0) is 8.06. The van der Waals surface area contributed by atoms with Crippen molar-refractivity contribution in [3.63, 3.8) is 0 Å². The number of hydrogen-bond acceptors (Lipinski definition) is 1. The van der Waals surface area contributed by atoms with Crippen LogP contribution in [0.25, 0.3) is 0 Å². The smallest absolute Gasteiger partial charge is 0.0175 e. The molecule has 0 aliphatic heterocycles. The molecule has 0 aromatic carbocycles. The molecular weight excluding hydrogens is 134 g/mol. The van der Waals surface area contributed by atoms with Crippen molar-refractivity contribution < 1.29 is 0 Å². The van der Waals surface area contributed by atoms with Crippen LogP contribution in [-0.4, -0.2) is 11.6 Å². The van der Waals surface area contributed by atoms with Gasteiger partial charge in [-0.2, -0.15) is 0 Å². The molecule has 0 aromatic heterocycles. The van der Waals surface area contributed by atoms with Gasteiger partial charge in [-0.05, 0) is 39.0 Å². The van der Waals surface area contributed by atoms with E-state index in [9.17, 15) is 0 Å². The third-order valence-electron chi connectivity index (χ3n) is 2.60. The molecule has 2 rings (SSSR count). The number of allylic oxidation sites excluding steroid dienone is 1. The summed E-state index contributed by atoms with van der Waals surface area (Å²) < 4.78 is 0. The minimum Gasteiger partial charge on any atom is -0.308 e. The van der Waals surface area contributed by atoms with Gasteiger partial charge in [0.2, 0.25) is 0 Å². The molecule has 0 radical (unpaired) electrons. The number of hydrogen-bond donors (Lipinski definition) is 1. The molecule has 1 N–H and O–H groups in total. The Morgan fingerprint density at radius 3 is 2.55 bits per heavy atom. The maximum Gasteiger partial charge on any atom is 0.0175 e. The number of nitrogens with one attached hydrogen (secondary N) is 1. The topological polar surface area (TPSA) is 12.0 Å². The fourth-order valence-electron chi connectivity index (χ4n) is 2.06. The molecule has 0 heterocycles. The van der Waals surface area contributed by atoms with E-state index < -0.39 is 0 Å². The summed E-state index contributed by atoms with van der Waals surface area (Å²) in [6.07, 6.45) is 5.99. The molecule has 1 unspecified atom stereocenters. The standard InChI is InChI=1S/C10H17N/c1-10(2,3)11-9-7-5-4-6-8(7)9/h4-5,7-9,11H,6H2,1-3H3/t7-,8+,9?/m0/s1. The van der Waals surface area contributed by atoms with Gasteiger partial charge in [0.25, 0.3) is 0 Å². The van der Waals surface area contributed by atoms with Crippen molar-refractivity contribution in [3.8, 4) is 0 Å². The summed E-state index contributed by atoms with van der Waals surface area (Å²) in [6, 6.07) is 0.792. The van der Waals surface area contributed by atoms with Crippen molar-refractivity contribution in [1.82, 2.24) is 5.32 Å². The Hall–Kier alpha value is -0.300. The molecular formula is C10H17N. The largest absolute Gasteiger partial charge is 0.308 e. The normalized spacial score (nSPS) is 40.8. The van der Waals surface area contributed by atoms with Gasteiger partial charge in [0, 0.05) is 11.6 Å². The second-order valence-corrected chi connectivity index (χ2v) is 4.83. The molecule has 1 saturated carbocycles. The van der Waals surface area contributed by atoms with Crippen LogP contribution in [0.4, 0.5) is 0 Å². The number of fused-ring (bicyclic) bond motifs is 1. The lowest BCUT2D eigenvalue weighted by Gasteiger charge is -2.21. The lowest BCUT2D eigenvalue weighted by molar-refractivity contribution is 0.406. The van der Waals surface area contributed by atoms with Crippen molar-refractivity contribution in [1.29, 1.82) is 0 Å². The fourth-order valence-corrected chi connectivity index (χ4v) is 2.06. The Labute approximate surface area is 68.9 Å². The minimum atomic E-state index is 0.294. The van der Waals surface area contributed by atoms with Crippen molar-refractivity contribution >= 4 is 0 Å². The molecule has 1 fully saturated rings. The van der Waals surface area contributed by atoms with Crippen molar-refractivity contribution in [2.24, 2.45) is 11.8 Å². The molecule has 0 aromatic rings. The maximum atomic E-state index is 3.64. The molecule has 0 bridgehead atoms. The second-order valence-electron chi connectivity index (χ2n) is 4.83. The molecule has 2 aliphatic rings. The zero-order valence-corrected chi connectivity index (χ0v) is 7.59. The molecule has 0 amide bonds. The molecule has 0 spiro atoms. The van der Waals surface area contributed by atoms with Gasteiger partial charge in [0.05, 0.1) is 0 Å². The van der Waals surface area contributed by atoms with Crippen LogP contribution in [-0.2, 0) is 0 Å². The van der Waals surface area contributed by atoms with Crippen LogP contribution in [0.3, 0.4) is 0 Å². The van der Waals surface area contributed by atoms with Gasteiger partial charge in [0.15, 0.2) is 0 Å². The van der Waals surface area contributed by atoms with E-state index in [4.69, 9.17) is 0 Å². The highest BCUT2D eigenvalue weighted by molar-refractivity contribution is 5.21. The molecule has 3 atom stereocenters. The summed E-state index contributed by atoms with van der Waals surface area (Å²) in [5, 5.41) is 3.64. The van der Waals surface area contributed by atoms with E-state index in [1.807, 2.05) is 0 Å². The first-order valence-electron chi connectivity index (χ1n) is 4.52. The third kappa shape index (κ3) is 1.34. The van der Waals surface area contributed by atoms with E-state index in [1.165, 1.54) is 6.42 Å². The Kier molecular flexibility index (Phi) is 1.40. The first-order valence-corrected chi connectivity index (χ1v) is 4.52. The van der Waals surface area contributed by atoms with Gasteiger partial charge in [-0.25, -0.2) is 0 Å². The van der Waals surface area contributed by atoms with Crippen LogP contribution in [0.2, 0.25) is 0 Å². The first-order chi connectivity index (χ1) is 5.08. The summed E-state index contributed by atoms with van der Waals surface area (Å²) in [4.78, 5) is 0. The van der Waals surface area contributed by atoms with Crippen LogP contribution in [0.5, 0.6) is 0 Å². The monoisotopic (exact) mass is 151 g/mol. The van der Waals surface area contributed by atoms with E-state index in [0.29, 0.717) is 5.54 Å². The minimum absolute atomic E-state index is 0.294. The SMILES string of the molecule is CC(C)(C)NC1[C@H]2C=CC[C@@H]12. The molecule has 1 nitrogen and oxygen atoms in total. The highest BCUT2D eigenvalue weighted by atomic mass is 15.0. The Morgan fingerprint density at radius 2 is 2.09 bits per heavy atom. The van der Waals surface area contributed by atoms with Crippen LogP contribution in [0, 0.1) is 11.8 Å². The van der Waals surface area contributed by atoms with Crippen molar-refractivity contribution in [3.05, 3.63) is 12.2 Å². The quantitative estimate of drug-likeness (QED) is 0.565. The van der Waals surface area contributed by atoms with Crippen LogP contribution in [0.1, 0.15) is 27.2 Å². The summed E-state index contributed by atoms with van der Waals surface area (Å²) in [7, 11) is 0. The predicted molar refractivity (Wildman–Crippen MR) is 47.4 cm³/mol. The summed E-state index contributed by atoms with van der Waals surface area (Å²) >= 11 is 0. The average Bonchev–Trinajstić information content (AvgIpc) is 2.39. The fraction of sp³-hybridized carbons (Fsp3) is 0.800. The van der Waals surface area contributed by atoms with E-state index in [1.54, 1.807) is 0 Å². The van der Waals surface area contributed by atoms with Gasteiger partial charge in [-0.3, -0.25) is 0 Å². The van der Waals surface area contributed by atoms with Crippen molar-refractivity contribution in [2.45, 2.75) is 38.8 Å². The van der Waals surface area contributed by atoms with E-state index in [2.05, 4.69) is 38.2 Å². The van der Waals surface area contributed by atoms with E-state index in [0.717, 1.165) is 17.9 Å². The molecule has 11 heavy (non-hydrogen) atoms. The van der Waals surface area contributed by atoms with Gasteiger partial charge >= 0.3 is 0 Å². The van der Waals surface area contributed by atoms with E-state index >= 15 is 0 Å². The first kappa shape index (κ1) is 7.35. The summed E-state index contributed by atoms with van der Waals surface area (Å²) in [5.74, 6) is 1.81. The Balaban J connectivity index is 1.88. The Bertz CT molecular complexity index is 188. The van der Waals surface area contributed by atoms with Crippen molar-refractivity contribution in [2.75, 3.05) is 0 Å². The predicted octanol–water partition coefficient (Wildman–Crippen LogP) is 1.95. The molecule has 0 saturated heterocycles. The summed E-state index contributed by atoms with van der Waals surface area (Å²) in [6.45, 7) is 6.72. The lowest BCUT2D eigenvalue weighted by atomic mass is 10.1. The van der Waals surface area contributed by atoms with E-state index in [-0.39, 0.29) is 0 Å². The van der Waals surface area contributed by atoms with Crippen LogP contribution >= 0.6 is 0 Å². The summed E-state index contributed by atoms with van der Waals surface area (Å²) in [5.41, 5.74) is 0.294. The lowest BCUT2D eigenvalue weighted by Crippen LogP contribution is -2.39. The zero-order valence-electron chi connectivity index (χ0n) is 7.59. The van der Waals surface area contributed by atoms with Crippen LogP contribution < -0.4 is 5.32 Å². The Morgan fingerprint density at radius 1 is 1.36 bits per heavy atom. The molecule has 62 valence electrons. The average molecular weight is 151 g/mol. The van der Waals surface area contributed by atoms with Gasteiger partial charge in [0.1, 0.15) is 0 Å². The van der Waals surface area contributed by atoms with Gasteiger partial charge in [-0.15, -0.1) is 0 Å². The van der Waals surface area contributed by atoms with Gasteiger partial charge < -0.3 is 5.32 Å². The second kappa shape index (κ2) is 2.10. The third-order valence-corrected chi connectivity index (χ3v) is 2.60. The van der Waals surface area contributed by atoms with Gasteiger partial charge in [-0.1, -0.05) is 12.2 Å². The molecule has 2 aliphatic carbocycles. The van der Waals surface area contributed by atoms with Crippen LogP contribution in [0.15, 0.2) is 12.2 Å².